The number of rotatable bonds is 4. The van der Waals surface area contributed by atoms with Gasteiger partial charge >= 0.3 is 0 Å². The van der Waals surface area contributed by atoms with Crippen LogP contribution in [0.5, 0.6) is 0 Å². The molecule has 0 bridgehead atoms. The van der Waals surface area contributed by atoms with Crippen molar-refractivity contribution in [2.45, 2.75) is 33.4 Å². The minimum Gasteiger partial charge on any atom is -0.444 e. The van der Waals surface area contributed by atoms with Crippen molar-refractivity contribution < 1.29 is 4.42 Å². The van der Waals surface area contributed by atoms with E-state index in [-0.39, 0.29) is 0 Å². The molecule has 74 valence electrons. The predicted molar refractivity (Wildman–Crippen MR) is 51.3 cm³/mol. The van der Waals surface area contributed by atoms with Crippen LogP contribution in [0.25, 0.3) is 0 Å². The Kier molecular flexibility index (Phi) is 3.45. The highest BCUT2D eigenvalue weighted by atomic mass is 16.4. The lowest BCUT2D eigenvalue weighted by Crippen LogP contribution is -2.32. The standard InChI is InChI=1S/C9H17N3O/c1-6(4-10)11-5-9-7(2)12-8(3)13-9/h6,11H,4-5,10H2,1-3H3. The Morgan fingerprint density at radius 2 is 2.23 bits per heavy atom. The summed E-state index contributed by atoms with van der Waals surface area (Å²) in [5.41, 5.74) is 6.42. The highest BCUT2D eigenvalue weighted by Gasteiger charge is 2.07. The number of hydrogen-bond acceptors (Lipinski definition) is 4. The Labute approximate surface area is 78.5 Å². The van der Waals surface area contributed by atoms with Gasteiger partial charge in [0.15, 0.2) is 5.89 Å². The van der Waals surface area contributed by atoms with E-state index in [9.17, 15) is 0 Å². The maximum Gasteiger partial charge on any atom is 0.191 e. The summed E-state index contributed by atoms with van der Waals surface area (Å²) in [6.07, 6.45) is 0. The number of aromatic nitrogens is 1. The summed E-state index contributed by atoms with van der Waals surface area (Å²) in [6.45, 7) is 7.17. The molecule has 13 heavy (non-hydrogen) atoms. The third-order valence-corrected chi connectivity index (χ3v) is 1.96. The van der Waals surface area contributed by atoms with Crippen LogP contribution in [0.2, 0.25) is 0 Å². The second kappa shape index (κ2) is 4.39. The highest BCUT2D eigenvalue weighted by Crippen LogP contribution is 2.08. The maximum atomic E-state index is 5.47. The molecule has 0 fully saturated rings. The van der Waals surface area contributed by atoms with Crippen LogP contribution in [0.3, 0.4) is 0 Å². The van der Waals surface area contributed by atoms with Gasteiger partial charge in [0.25, 0.3) is 0 Å². The van der Waals surface area contributed by atoms with Crippen molar-refractivity contribution >= 4 is 0 Å². The summed E-state index contributed by atoms with van der Waals surface area (Å²) in [5.74, 6) is 1.62. The number of nitrogens with two attached hydrogens (primary N) is 1. The fourth-order valence-corrected chi connectivity index (χ4v) is 1.09. The van der Waals surface area contributed by atoms with Crippen LogP contribution >= 0.6 is 0 Å². The summed E-state index contributed by atoms with van der Waals surface area (Å²) < 4.78 is 5.39. The monoisotopic (exact) mass is 183 g/mol. The number of nitrogens with one attached hydrogen (secondary N) is 1. The SMILES string of the molecule is Cc1nc(C)c(CNC(C)CN)o1. The zero-order chi connectivity index (χ0) is 9.84. The Hall–Kier alpha value is -0.870. The van der Waals surface area contributed by atoms with E-state index < -0.39 is 0 Å². The molecule has 1 aromatic heterocycles. The van der Waals surface area contributed by atoms with Gasteiger partial charge in [0.1, 0.15) is 5.76 Å². The van der Waals surface area contributed by atoms with Gasteiger partial charge in [-0.25, -0.2) is 4.98 Å². The van der Waals surface area contributed by atoms with Crippen molar-refractivity contribution in [3.8, 4) is 0 Å². The first-order chi connectivity index (χ1) is 6.13. The quantitative estimate of drug-likeness (QED) is 0.722. The van der Waals surface area contributed by atoms with Crippen LogP contribution in [-0.4, -0.2) is 17.6 Å². The van der Waals surface area contributed by atoms with Gasteiger partial charge in [-0.1, -0.05) is 0 Å². The largest absolute Gasteiger partial charge is 0.444 e. The minimum atomic E-state index is 0.310. The molecule has 3 N–H and O–H groups in total. The molecule has 1 unspecified atom stereocenters. The van der Waals surface area contributed by atoms with Gasteiger partial charge in [-0.3, -0.25) is 0 Å². The van der Waals surface area contributed by atoms with Gasteiger partial charge in [0.05, 0.1) is 12.2 Å². The first kappa shape index (κ1) is 10.2. The van der Waals surface area contributed by atoms with E-state index >= 15 is 0 Å². The van der Waals surface area contributed by atoms with E-state index in [2.05, 4.69) is 10.3 Å². The molecule has 0 aliphatic heterocycles. The summed E-state index contributed by atoms with van der Waals surface area (Å²) in [6, 6.07) is 0.310. The van der Waals surface area contributed by atoms with Crippen LogP contribution in [0.4, 0.5) is 0 Å². The van der Waals surface area contributed by atoms with Crippen LogP contribution < -0.4 is 11.1 Å². The van der Waals surface area contributed by atoms with Crippen LogP contribution in [0.15, 0.2) is 4.42 Å². The third kappa shape index (κ3) is 2.82. The predicted octanol–water partition coefficient (Wildman–Crippen LogP) is 0.728. The number of oxazole rings is 1. The Balaban J connectivity index is 2.49. The number of aryl methyl sites for hydroxylation is 2. The van der Waals surface area contributed by atoms with Crippen molar-refractivity contribution in [2.75, 3.05) is 6.54 Å². The highest BCUT2D eigenvalue weighted by molar-refractivity contribution is 5.06. The first-order valence-corrected chi connectivity index (χ1v) is 4.50. The van der Waals surface area contributed by atoms with Gasteiger partial charge in [-0.05, 0) is 13.8 Å². The van der Waals surface area contributed by atoms with E-state index in [0.29, 0.717) is 19.1 Å². The molecule has 4 nitrogen and oxygen atoms in total. The molecule has 0 aromatic carbocycles. The van der Waals surface area contributed by atoms with Crippen molar-refractivity contribution in [1.29, 1.82) is 0 Å². The molecule has 1 atom stereocenters. The van der Waals surface area contributed by atoms with E-state index in [1.54, 1.807) is 0 Å². The normalized spacial score (nSPS) is 13.2. The molecule has 0 radical (unpaired) electrons. The lowest BCUT2D eigenvalue weighted by atomic mass is 10.3. The molecule has 4 heteroatoms. The first-order valence-electron chi connectivity index (χ1n) is 4.50. The number of nitrogens with zero attached hydrogens (tertiary/aromatic N) is 1. The third-order valence-electron chi connectivity index (χ3n) is 1.96. The molecule has 0 aliphatic carbocycles. The lowest BCUT2D eigenvalue weighted by molar-refractivity contribution is 0.436. The van der Waals surface area contributed by atoms with Gasteiger partial charge < -0.3 is 15.5 Å². The molecule has 0 saturated carbocycles. The van der Waals surface area contributed by atoms with Gasteiger partial charge in [0, 0.05) is 19.5 Å². The molecule has 0 spiro atoms. The molecule has 0 saturated heterocycles. The summed E-state index contributed by atoms with van der Waals surface area (Å²) >= 11 is 0. The summed E-state index contributed by atoms with van der Waals surface area (Å²) in [4.78, 5) is 4.18. The molecular formula is C9H17N3O. The topological polar surface area (TPSA) is 64.1 Å². The molecule has 1 aromatic rings. The lowest BCUT2D eigenvalue weighted by Gasteiger charge is -2.09. The van der Waals surface area contributed by atoms with E-state index in [1.165, 1.54) is 0 Å². The summed E-state index contributed by atoms with van der Waals surface area (Å²) in [5, 5.41) is 3.24. The van der Waals surface area contributed by atoms with Gasteiger partial charge in [-0.15, -0.1) is 0 Å². The van der Waals surface area contributed by atoms with E-state index in [4.69, 9.17) is 10.2 Å². The van der Waals surface area contributed by atoms with Crippen LogP contribution in [0.1, 0.15) is 24.3 Å². The smallest absolute Gasteiger partial charge is 0.191 e. The molecule has 0 aliphatic rings. The maximum absolute atomic E-state index is 5.47. The van der Waals surface area contributed by atoms with E-state index in [1.807, 2.05) is 20.8 Å². The Bertz CT molecular complexity index is 270. The van der Waals surface area contributed by atoms with Crippen LogP contribution in [-0.2, 0) is 6.54 Å². The average Bonchev–Trinajstić information content (AvgIpc) is 2.41. The van der Waals surface area contributed by atoms with Crippen molar-refractivity contribution in [1.82, 2.24) is 10.3 Å². The average molecular weight is 183 g/mol. The molecule has 1 rings (SSSR count). The van der Waals surface area contributed by atoms with Crippen molar-refractivity contribution in [3.05, 3.63) is 17.3 Å². The zero-order valence-corrected chi connectivity index (χ0v) is 8.42. The molecular weight excluding hydrogens is 166 g/mol. The fraction of sp³-hybridized carbons (Fsp3) is 0.667. The van der Waals surface area contributed by atoms with Crippen molar-refractivity contribution in [2.24, 2.45) is 5.73 Å². The fourth-order valence-electron chi connectivity index (χ4n) is 1.09. The van der Waals surface area contributed by atoms with Crippen molar-refractivity contribution in [3.63, 3.8) is 0 Å². The van der Waals surface area contributed by atoms with Gasteiger partial charge in [-0.2, -0.15) is 0 Å². The van der Waals surface area contributed by atoms with Gasteiger partial charge in [0.2, 0.25) is 0 Å². The molecule has 0 amide bonds. The summed E-state index contributed by atoms with van der Waals surface area (Å²) in [7, 11) is 0. The molecule has 1 heterocycles. The minimum absolute atomic E-state index is 0.310. The Morgan fingerprint density at radius 1 is 1.54 bits per heavy atom. The zero-order valence-electron chi connectivity index (χ0n) is 8.42. The second-order valence-corrected chi connectivity index (χ2v) is 3.26. The van der Waals surface area contributed by atoms with E-state index in [0.717, 1.165) is 17.3 Å². The van der Waals surface area contributed by atoms with Crippen LogP contribution in [0, 0.1) is 13.8 Å². The second-order valence-electron chi connectivity index (χ2n) is 3.26. The Morgan fingerprint density at radius 3 is 2.69 bits per heavy atom. The number of hydrogen-bond donors (Lipinski definition) is 2.